The summed E-state index contributed by atoms with van der Waals surface area (Å²) in [5, 5.41) is 17.3. The fourth-order valence-corrected chi connectivity index (χ4v) is 1.04. The lowest BCUT2D eigenvalue weighted by atomic mass is 10.2. The highest BCUT2D eigenvalue weighted by atomic mass is 16.5. The number of hydrogen-bond acceptors (Lipinski definition) is 4. The zero-order valence-electron chi connectivity index (χ0n) is 8.55. The summed E-state index contributed by atoms with van der Waals surface area (Å²) >= 11 is 0. The summed E-state index contributed by atoms with van der Waals surface area (Å²) in [5.74, 6) is -1.43. The fourth-order valence-electron chi connectivity index (χ4n) is 1.04. The number of carbonyl (C=O) groups excluding carboxylic acids is 1. The molecular weight excluding hydrogens is 212 g/mol. The minimum Gasteiger partial charge on any atom is -0.508 e. The van der Waals surface area contributed by atoms with Gasteiger partial charge in [0.1, 0.15) is 12.4 Å². The summed E-state index contributed by atoms with van der Waals surface area (Å²) in [6.45, 7) is 0.0821. The second-order valence-electron chi connectivity index (χ2n) is 3.22. The van der Waals surface area contributed by atoms with E-state index in [1.165, 1.54) is 12.1 Å². The summed E-state index contributed by atoms with van der Waals surface area (Å²) in [5.41, 5.74) is 0.737. The number of carboxylic acids is 1. The van der Waals surface area contributed by atoms with Crippen molar-refractivity contribution in [2.75, 3.05) is 0 Å². The summed E-state index contributed by atoms with van der Waals surface area (Å²) in [6.07, 6.45) is -0.359. The lowest BCUT2D eigenvalue weighted by molar-refractivity contribution is -0.148. The molecule has 0 aliphatic rings. The average Bonchev–Trinajstić information content (AvgIpc) is 2.25. The van der Waals surface area contributed by atoms with Crippen LogP contribution in [0.4, 0.5) is 0 Å². The Morgan fingerprint density at radius 1 is 1.12 bits per heavy atom. The number of benzene rings is 1. The van der Waals surface area contributed by atoms with Crippen LogP contribution in [0.1, 0.15) is 18.4 Å². The summed E-state index contributed by atoms with van der Waals surface area (Å²) in [7, 11) is 0. The van der Waals surface area contributed by atoms with E-state index >= 15 is 0 Å². The quantitative estimate of drug-likeness (QED) is 0.736. The number of carboxylic acid groups (broad SMARTS) is 1. The van der Waals surface area contributed by atoms with Gasteiger partial charge in [-0.2, -0.15) is 0 Å². The highest BCUT2D eigenvalue weighted by Crippen LogP contribution is 2.10. The molecule has 0 unspecified atom stereocenters. The van der Waals surface area contributed by atoms with Crippen LogP contribution >= 0.6 is 0 Å². The lowest BCUT2D eigenvalue weighted by Gasteiger charge is -2.03. The third-order valence-corrected chi connectivity index (χ3v) is 1.88. The van der Waals surface area contributed by atoms with Crippen molar-refractivity contribution in [2.45, 2.75) is 19.4 Å². The molecule has 2 N–H and O–H groups in total. The first-order valence-corrected chi connectivity index (χ1v) is 4.73. The van der Waals surface area contributed by atoms with Gasteiger partial charge in [0.15, 0.2) is 0 Å². The standard InChI is InChI=1S/C11H12O5/c12-9-3-1-8(2-4-9)7-16-11(15)6-5-10(13)14/h1-4,12H,5-7H2,(H,13,14). The largest absolute Gasteiger partial charge is 0.508 e. The molecule has 0 radical (unpaired) electrons. The van der Waals surface area contributed by atoms with Crippen molar-refractivity contribution in [1.29, 1.82) is 0 Å². The number of aromatic hydroxyl groups is 1. The number of rotatable bonds is 5. The maximum Gasteiger partial charge on any atom is 0.306 e. The van der Waals surface area contributed by atoms with E-state index in [0.717, 1.165) is 5.56 Å². The zero-order valence-corrected chi connectivity index (χ0v) is 8.55. The van der Waals surface area contributed by atoms with E-state index in [2.05, 4.69) is 0 Å². The van der Waals surface area contributed by atoms with Crippen LogP contribution in [0.2, 0.25) is 0 Å². The first-order valence-electron chi connectivity index (χ1n) is 4.73. The van der Waals surface area contributed by atoms with Gasteiger partial charge in [-0.1, -0.05) is 12.1 Å². The van der Waals surface area contributed by atoms with Crippen molar-refractivity contribution in [3.8, 4) is 5.75 Å². The second kappa shape index (κ2) is 5.75. The van der Waals surface area contributed by atoms with Crippen molar-refractivity contribution in [3.05, 3.63) is 29.8 Å². The molecule has 1 rings (SSSR count). The van der Waals surface area contributed by atoms with E-state index in [1.807, 2.05) is 0 Å². The highest BCUT2D eigenvalue weighted by Gasteiger charge is 2.06. The molecule has 16 heavy (non-hydrogen) atoms. The molecule has 1 aromatic rings. The summed E-state index contributed by atoms with van der Waals surface area (Å²) < 4.78 is 4.83. The number of phenolic OH excluding ortho intramolecular Hbond substituents is 1. The minimum absolute atomic E-state index is 0.0821. The Labute approximate surface area is 92.3 Å². The Morgan fingerprint density at radius 3 is 2.31 bits per heavy atom. The van der Waals surface area contributed by atoms with Gasteiger partial charge in [0.25, 0.3) is 0 Å². The Morgan fingerprint density at radius 2 is 1.75 bits per heavy atom. The van der Waals surface area contributed by atoms with E-state index in [4.69, 9.17) is 14.9 Å². The third-order valence-electron chi connectivity index (χ3n) is 1.88. The first-order chi connectivity index (χ1) is 7.58. The smallest absolute Gasteiger partial charge is 0.306 e. The van der Waals surface area contributed by atoms with Crippen LogP contribution in [0, 0.1) is 0 Å². The van der Waals surface area contributed by atoms with Gasteiger partial charge >= 0.3 is 11.9 Å². The molecule has 0 aliphatic heterocycles. The number of aliphatic carboxylic acids is 1. The van der Waals surface area contributed by atoms with Gasteiger partial charge in [-0.25, -0.2) is 0 Å². The predicted octanol–water partition coefficient (Wildman–Crippen LogP) is 1.30. The van der Waals surface area contributed by atoms with Gasteiger partial charge < -0.3 is 14.9 Å². The Balaban J connectivity index is 2.31. The van der Waals surface area contributed by atoms with Gasteiger partial charge in [-0.05, 0) is 17.7 Å². The normalized spacial score (nSPS) is 9.75. The topological polar surface area (TPSA) is 83.8 Å². The fraction of sp³-hybridized carbons (Fsp3) is 0.273. The Kier molecular flexibility index (Phi) is 4.32. The summed E-state index contributed by atoms with van der Waals surface area (Å²) in [4.78, 5) is 21.2. The van der Waals surface area contributed by atoms with Crippen LogP contribution < -0.4 is 0 Å². The maximum atomic E-state index is 11.1. The van der Waals surface area contributed by atoms with Crippen molar-refractivity contribution in [2.24, 2.45) is 0 Å². The molecule has 0 atom stereocenters. The molecule has 0 fully saturated rings. The molecule has 1 aromatic carbocycles. The van der Waals surface area contributed by atoms with Crippen LogP contribution in [0.25, 0.3) is 0 Å². The zero-order chi connectivity index (χ0) is 12.0. The second-order valence-corrected chi connectivity index (χ2v) is 3.22. The SMILES string of the molecule is O=C(O)CCC(=O)OCc1ccc(O)cc1. The van der Waals surface area contributed by atoms with Gasteiger partial charge in [0, 0.05) is 0 Å². The third kappa shape index (κ3) is 4.45. The van der Waals surface area contributed by atoms with E-state index in [0.29, 0.717) is 0 Å². The van der Waals surface area contributed by atoms with Crippen LogP contribution in [-0.4, -0.2) is 22.2 Å². The molecular formula is C11H12O5. The van der Waals surface area contributed by atoms with E-state index in [1.54, 1.807) is 12.1 Å². The monoisotopic (exact) mass is 224 g/mol. The molecule has 0 heterocycles. The van der Waals surface area contributed by atoms with Gasteiger partial charge in [-0.3, -0.25) is 9.59 Å². The van der Waals surface area contributed by atoms with Crippen LogP contribution in [0.15, 0.2) is 24.3 Å². The molecule has 0 saturated heterocycles. The average molecular weight is 224 g/mol. The molecule has 0 spiro atoms. The highest BCUT2D eigenvalue weighted by molar-refractivity contribution is 5.76. The minimum atomic E-state index is -1.03. The number of ether oxygens (including phenoxy) is 1. The molecule has 0 amide bonds. The number of hydrogen-bond donors (Lipinski definition) is 2. The molecule has 5 nitrogen and oxygen atoms in total. The summed E-state index contributed by atoms with van der Waals surface area (Å²) in [6, 6.07) is 6.22. The molecule has 5 heteroatoms. The number of esters is 1. The molecule has 0 saturated carbocycles. The number of carbonyl (C=O) groups is 2. The van der Waals surface area contributed by atoms with Crippen molar-refractivity contribution in [3.63, 3.8) is 0 Å². The first kappa shape index (κ1) is 12.0. The van der Waals surface area contributed by atoms with Crippen molar-refractivity contribution >= 4 is 11.9 Å². The molecule has 86 valence electrons. The van der Waals surface area contributed by atoms with Crippen LogP contribution in [-0.2, 0) is 20.9 Å². The van der Waals surface area contributed by atoms with E-state index < -0.39 is 11.9 Å². The van der Waals surface area contributed by atoms with Gasteiger partial charge in [-0.15, -0.1) is 0 Å². The van der Waals surface area contributed by atoms with Crippen molar-refractivity contribution in [1.82, 2.24) is 0 Å². The van der Waals surface area contributed by atoms with Gasteiger partial charge in [0.05, 0.1) is 12.8 Å². The van der Waals surface area contributed by atoms with Crippen LogP contribution in [0.5, 0.6) is 5.75 Å². The van der Waals surface area contributed by atoms with Crippen molar-refractivity contribution < 1.29 is 24.5 Å². The lowest BCUT2D eigenvalue weighted by Crippen LogP contribution is -2.07. The van der Waals surface area contributed by atoms with Crippen LogP contribution in [0.3, 0.4) is 0 Å². The van der Waals surface area contributed by atoms with E-state index in [-0.39, 0.29) is 25.2 Å². The number of phenols is 1. The Hall–Kier alpha value is -2.04. The molecule has 0 aliphatic carbocycles. The molecule has 0 bridgehead atoms. The predicted molar refractivity (Wildman–Crippen MR) is 54.8 cm³/mol. The maximum absolute atomic E-state index is 11.1. The van der Waals surface area contributed by atoms with Gasteiger partial charge in [0.2, 0.25) is 0 Å². The Bertz CT molecular complexity index is 368. The molecule has 0 aromatic heterocycles. The van der Waals surface area contributed by atoms with E-state index in [9.17, 15) is 9.59 Å².